The van der Waals surface area contributed by atoms with Gasteiger partial charge in [-0.2, -0.15) is 0 Å². The lowest BCUT2D eigenvalue weighted by atomic mass is 9.96. The van der Waals surface area contributed by atoms with Crippen molar-refractivity contribution in [2.45, 2.75) is 32.6 Å². The Morgan fingerprint density at radius 3 is 2.62 bits per heavy atom. The van der Waals surface area contributed by atoms with Crippen LogP contribution in [0.2, 0.25) is 0 Å². The van der Waals surface area contributed by atoms with Crippen molar-refractivity contribution in [3.8, 4) is 11.5 Å². The number of anilines is 1. The van der Waals surface area contributed by atoms with Crippen LogP contribution in [0.5, 0.6) is 0 Å². The van der Waals surface area contributed by atoms with Crippen molar-refractivity contribution in [2.24, 2.45) is 0 Å². The number of hydrogen-bond acceptors (Lipinski definition) is 3. The Bertz CT molecular complexity index is 744. The van der Waals surface area contributed by atoms with Crippen LogP contribution >= 0.6 is 0 Å². The monoisotopic (exact) mass is 280 g/mol. The van der Waals surface area contributed by atoms with Gasteiger partial charge in [0.2, 0.25) is 5.89 Å². The standard InChI is InChI=1S/C18H20N2O/c1-3-4-12(2)14-7-10-17-16(11-14)20-18(21-17)13-5-8-15(19)9-6-13/h5-12H,3-4,19H2,1-2H3/t12-/m0/s1. The van der Waals surface area contributed by atoms with E-state index in [1.165, 1.54) is 18.4 Å². The van der Waals surface area contributed by atoms with Crippen LogP contribution in [0.4, 0.5) is 5.69 Å². The molecule has 0 fully saturated rings. The third kappa shape index (κ3) is 2.77. The summed E-state index contributed by atoms with van der Waals surface area (Å²) in [6, 6.07) is 13.9. The zero-order valence-electron chi connectivity index (χ0n) is 12.5. The first kappa shape index (κ1) is 13.7. The molecule has 0 bridgehead atoms. The quantitative estimate of drug-likeness (QED) is 0.686. The number of nitrogens with zero attached hydrogens (tertiary/aromatic N) is 1. The van der Waals surface area contributed by atoms with Crippen LogP contribution in [0.25, 0.3) is 22.6 Å². The van der Waals surface area contributed by atoms with Gasteiger partial charge in [0.25, 0.3) is 0 Å². The first-order valence-corrected chi connectivity index (χ1v) is 7.43. The summed E-state index contributed by atoms with van der Waals surface area (Å²) in [7, 11) is 0. The zero-order chi connectivity index (χ0) is 14.8. The number of benzene rings is 2. The van der Waals surface area contributed by atoms with Crippen LogP contribution < -0.4 is 5.73 Å². The summed E-state index contributed by atoms with van der Waals surface area (Å²) < 4.78 is 5.84. The number of hydrogen-bond donors (Lipinski definition) is 1. The second-order valence-corrected chi connectivity index (χ2v) is 5.56. The number of nitrogens with two attached hydrogens (primary N) is 1. The number of nitrogen functional groups attached to an aromatic ring is 1. The second-order valence-electron chi connectivity index (χ2n) is 5.56. The Kier molecular flexibility index (Phi) is 3.65. The lowest BCUT2D eigenvalue weighted by Crippen LogP contribution is -1.92. The Balaban J connectivity index is 1.98. The molecule has 108 valence electrons. The minimum Gasteiger partial charge on any atom is -0.436 e. The number of oxazole rings is 1. The van der Waals surface area contributed by atoms with Crippen molar-refractivity contribution in [3.05, 3.63) is 48.0 Å². The topological polar surface area (TPSA) is 52.0 Å². The Labute approximate surface area is 124 Å². The third-order valence-corrected chi connectivity index (χ3v) is 3.86. The fourth-order valence-electron chi connectivity index (χ4n) is 2.60. The molecule has 0 spiro atoms. The maximum Gasteiger partial charge on any atom is 0.227 e. The largest absolute Gasteiger partial charge is 0.436 e. The summed E-state index contributed by atoms with van der Waals surface area (Å²) in [6.45, 7) is 4.47. The molecule has 0 amide bonds. The highest BCUT2D eigenvalue weighted by Crippen LogP contribution is 2.28. The average molecular weight is 280 g/mol. The van der Waals surface area contributed by atoms with Crippen LogP contribution in [0.3, 0.4) is 0 Å². The maximum absolute atomic E-state index is 5.84. The van der Waals surface area contributed by atoms with Crippen LogP contribution in [0.1, 0.15) is 38.2 Å². The summed E-state index contributed by atoms with van der Waals surface area (Å²) in [5.74, 6) is 1.20. The van der Waals surface area contributed by atoms with E-state index in [0.29, 0.717) is 11.8 Å². The van der Waals surface area contributed by atoms with Crippen molar-refractivity contribution in [1.82, 2.24) is 4.98 Å². The van der Waals surface area contributed by atoms with E-state index in [0.717, 1.165) is 22.4 Å². The van der Waals surface area contributed by atoms with Gasteiger partial charge in [-0.1, -0.05) is 26.3 Å². The Hall–Kier alpha value is -2.29. The molecule has 0 unspecified atom stereocenters. The molecule has 3 heteroatoms. The predicted octanol–water partition coefficient (Wildman–Crippen LogP) is 4.98. The SMILES string of the molecule is CCC[C@H](C)c1ccc2oc(-c3ccc(N)cc3)nc2c1. The van der Waals surface area contributed by atoms with Gasteiger partial charge in [0.15, 0.2) is 5.58 Å². The molecule has 0 radical (unpaired) electrons. The molecule has 0 aliphatic rings. The minimum absolute atomic E-state index is 0.552. The van der Waals surface area contributed by atoms with Crippen molar-refractivity contribution in [1.29, 1.82) is 0 Å². The first-order chi connectivity index (χ1) is 10.2. The fourth-order valence-corrected chi connectivity index (χ4v) is 2.60. The highest BCUT2D eigenvalue weighted by Gasteiger charge is 2.11. The zero-order valence-corrected chi connectivity index (χ0v) is 12.5. The molecule has 3 nitrogen and oxygen atoms in total. The first-order valence-electron chi connectivity index (χ1n) is 7.43. The van der Waals surface area contributed by atoms with Crippen molar-refractivity contribution < 1.29 is 4.42 Å². The summed E-state index contributed by atoms with van der Waals surface area (Å²) in [4.78, 5) is 4.61. The summed E-state index contributed by atoms with van der Waals surface area (Å²) >= 11 is 0. The van der Waals surface area contributed by atoms with Gasteiger partial charge in [-0.05, 0) is 54.3 Å². The van der Waals surface area contributed by atoms with Gasteiger partial charge in [0.1, 0.15) is 5.52 Å². The summed E-state index contributed by atoms with van der Waals surface area (Å²) in [5.41, 5.74) is 10.5. The van der Waals surface area contributed by atoms with E-state index in [4.69, 9.17) is 10.2 Å². The molecule has 3 aromatic rings. The highest BCUT2D eigenvalue weighted by atomic mass is 16.3. The third-order valence-electron chi connectivity index (χ3n) is 3.86. The molecule has 0 saturated carbocycles. The van der Waals surface area contributed by atoms with Gasteiger partial charge < -0.3 is 10.2 Å². The van der Waals surface area contributed by atoms with E-state index in [2.05, 4.69) is 31.0 Å². The Morgan fingerprint density at radius 2 is 1.90 bits per heavy atom. The molecule has 1 heterocycles. The van der Waals surface area contributed by atoms with Crippen molar-refractivity contribution >= 4 is 16.8 Å². The van der Waals surface area contributed by atoms with Gasteiger partial charge in [0.05, 0.1) is 0 Å². The molecule has 0 aliphatic carbocycles. The average Bonchev–Trinajstić information content (AvgIpc) is 2.91. The smallest absolute Gasteiger partial charge is 0.227 e. The highest BCUT2D eigenvalue weighted by molar-refractivity contribution is 5.77. The molecular formula is C18H20N2O. The van der Waals surface area contributed by atoms with Crippen molar-refractivity contribution in [3.63, 3.8) is 0 Å². The summed E-state index contributed by atoms with van der Waals surface area (Å²) in [6.07, 6.45) is 2.38. The number of aromatic nitrogens is 1. The van der Waals surface area contributed by atoms with Crippen LogP contribution in [-0.2, 0) is 0 Å². The second kappa shape index (κ2) is 5.60. The van der Waals surface area contributed by atoms with E-state index >= 15 is 0 Å². The van der Waals surface area contributed by atoms with Crippen LogP contribution in [0.15, 0.2) is 46.9 Å². The minimum atomic E-state index is 0.552. The molecule has 21 heavy (non-hydrogen) atoms. The predicted molar refractivity (Wildman–Crippen MR) is 87.2 cm³/mol. The van der Waals surface area contributed by atoms with Crippen LogP contribution in [-0.4, -0.2) is 4.98 Å². The van der Waals surface area contributed by atoms with Gasteiger partial charge in [0, 0.05) is 11.3 Å². The summed E-state index contributed by atoms with van der Waals surface area (Å²) in [5, 5.41) is 0. The number of rotatable bonds is 4. The molecule has 2 N–H and O–H groups in total. The molecule has 1 atom stereocenters. The van der Waals surface area contributed by atoms with Gasteiger partial charge in [-0.15, -0.1) is 0 Å². The van der Waals surface area contributed by atoms with E-state index in [9.17, 15) is 0 Å². The Morgan fingerprint density at radius 1 is 1.14 bits per heavy atom. The van der Waals surface area contributed by atoms with E-state index < -0.39 is 0 Å². The van der Waals surface area contributed by atoms with Gasteiger partial charge >= 0.3 is 0 Å². The lowest BCUT2D eigenvalue weighted by molar-refractivity contribution is 0.619. The van der Waals surface area contributed by atoms with Gasteiger partial charge in [-0.25, -0.2) is 4.98 Å². The van der Waals surface area contributed by atoms with E-state index in [-0.39, 0.29) is 0 Å². The lowest BCUT2D eigenvalue weighted by Gasteiger charge is -2.09. The molecule has 2 aromatic carbocycles. The van der Waals surface area contributed by atoms with Crippen LogP contribution in [0, 0.1) is 0 Å². The maximum atomic E-state index is 5.84. The molecule has 0 aliphatic heterocycles. The molecule has 3 rings (SSSR count). The fraction of sp³-hybridized carbons (Fsp3) is 0.278. The van der Waals surface area contributed by atoms with E-state index in [1.54, 1.807) is 0 Å². The molecular weight excluding hydrogens is 260 g/mol. The molecule has 0 saturated heterocycles. The van der Waals surface area contributed by atoms with E-state index in [1.807, 2.05) is 30.3 Å². The van der Waals surface area contributed by atoms with Gasteiger partial charge in [-0.3, -0.25) is 0 Å². The molecule has 1 aromatic heterocycles. The normalized spacial score (nSPS) is 12.7. The number of fused-ring (bicyclic) bond motifs is 1. The van der Waals surface area contributed by atoms with Crippen molar-refractivity contribution in [2.75, 3.05) is 5.73 Å².